The van der Waals surface area contributed by atoms with Crippen molar-refractivity contribution in [3.63, 3.8) is 0 Å². The van der Waals surface area contributed by atoms with Crippen LogP contribution in [0, 0.1) is 17.3 Å². The summed E-state index contributed by atoms with van der Waals surface area (Å²) in [6, 6.07) is 0. The van der Waals surface area contributed by atoms with Gasteiger partial charge in [0, 0.05) is 43.7 Å². The second-order valence-corrected chi connectivity index (χ2v) is 8.55. The molecule has 0 spiro atoms. The summed E-state index contributed by atoms with van der Waals surface area (Å²) in [5, 5.41) is 3.72. The van der Waals surface area contributed by atoms with E-state index in [9.17, 15) is 0 Å². The first-order valence-corrected chi connectivity index (χ1v) is 8.51. The van der Waals surface area contributed by atoms with Gasteiger partial charge in [-0.2, -0.15) is 0 Å². The van der Waals surface area contributed by atoms with E-state index in [1.54, 1.807) is 0 Å². The molecule has 0 aromatic carbocycles. The van der Waals surface area contributed by atoms with Crippen LogP contribution in [0.1, 0.15) is 46.5 Å². The maximum absolute atomic E-state index is 5.76. The number of hydrogen-bond acceptors (Lipinski definition) is 3. The van der Waals surface area contributed by atoms with Crippen molar-refractivity contribution >= 4 is 0 Å². The Kier molecular flexibility index (Phi) is 4.13. The lowest BCUT2D eigenvalue weighted by atomic mass is 9.85. The fourth-order valence-corrected chi connectivity index (χ4v) is 4.36. The summed E-state index contributed by atoms with van der Waals surface area (Å²) >= 11 is 0. The van der Waals surface area contributed by atoms with Gasteiger partial charge in [0.25, 0.3) is 0 Å². The predicted octanol–water partition coefficient (Wildman–Crippen LogP) is 2.51. The van der Waals surface area contributed by atoms with Crippen LogP contribution >= 0.6 is 0 Å². The summed E-state index contributed by atoms with van der Waals surface area (Å²) < 4.78 is 5.76. The molecule has 0 radical (unpaired) electrons. The average molecular weight is 280 g/mol. The van der Waals surface area contributed by atoms with Gasteiger partial charge in [-0.3, -0.25) is 0 Å². The van der Waals surface area contributed by atoms with E-state index in [2.05, 4.69) is 31.0 Å². The number of ether oxygens (including phenoxy) is 1. The first-order valence-electron chi connectivity index (χ1n) is 8.51. The van der Waals surface area contributed by atoms with Crippen LogP contribution in [0.4, 0.5) is 0 Å². The molecular weight excluding hydrogens is 248 g/mol. The van der Waals surface area contributed by atoms with E-state index in [1.165, 1.54) is 45.3 Å². The molecule has 3 fully saturated rings. The standard InChI is InChI=1S/C17H32N2O/c1-16(2,3)18-11-17(7-8-20-13-17)12-19-9-14-5-4-6-15(14)10-19/h14-15,18H,4-13H2,1-3H3. The molecule has 3 nitrogen and oxygen atoms in total. The third-order valence-corrected chi connectivity index (χ3v) is 5.54. The Morgan fingerprint density at radius 3 is 2.45 bits per heavy atom. The number of nitrogens with zero attached hydrogens (tertiary/aromatic N) is 1. The summed E-state index contributed by atoms with van der Waals surface area (Å²) in [5.74, 6) is 2.01. The van der Waals surface area contributed by atoms with Crippen LogP contribution in [0.15, 0.2) is 0 Å². The minimum Gasteiger partial charge on any atom is -0.381 e. The van der Waals surface area contributed by atoms with Crippen molar-refractivity contribution in [2.75, 3.05) is 39.4 Å². The quantitative estimate of drug-likeness (QED) is 0.856. The van der Waals surface area contributed by atoms with E-state index in [1.807, 2.05) is 0 Å². The molecule has 0 aromatic heterocycles. The summed E-state index contributed by atoms with van der Waals surface area (Å²) in [7, 11) is 0. The fourth-order valence-electron chi connectivity index (χ4n) is 4.36. The van der Waals surface area contributed by atoms with Crippen molar-refractivity contribution in [2.24, 2.45) is 17.3 Å². The molecule has 0 amide bonds. The molecule has 116 valence electrons. The van der Waals surface area contributed by atoms with Crippen molar-refractivity contribution in [2.45, 2.75) is 52.0 Å². The Bertz CT molecular complexity index is 318. The van der Waals surface area contributed by atoms with Crippen LogP contribution in [0.5, 0.6) is 0 Å². The van der Waals surface area contributed by atoms with E-state index >= 15 is 0 Å². The lowest BCUT2D eigenvalue weighted by Gasteiger charge is -2.35. The third kappa shape index (κ3) is 3.37. The van der Waals surface area contributed by atoms with Crippen molar-refractivity contribution in [3.8, 4) is 0 Å². The number of rotatable bonds is 4. The fraction of sp³-hybridized carbons (Fsp3) is 1.00. The van der Waals surface area contributed by atoms with Gasteiger partial charge in [-0.15, -0.1) is 0 Å². The Morgan fingerprint density at radius 1 is 1.20 bits per heavy atom. The molecule has 0 aromatic rings. The second-order valence-electron chi connectivity index (χ2n) is 8.55. The molecule has 20 heavy (non-hydrogen) atoms. The van der Waals surface area contributed by atoms with Crippen molar-refractivity contribution < 1.29 is 4.74 Å². The van der Waals surface area contributed by atoms with Gasteiger partial charge in [0.2, 0.25) is 0 Å². The number of likely N-dealkylation sites (tertiary alicyclic amines) is 1. The number of fused-ring (bicyclic) bond motifs is 1. The SMILES string of the molecule is CC(C)(C)NCC1(CN2CC3CCCC3C2)CCOC1. The third-order valence-electron chi connectivity index (χ3n) is 5.54. The summed E-state index contributed by atoms with van der Waals surface area (Å²) in [6.45, 7) is 13.7. The van der Waals surface area contributed by atoms with Crippen LogP contribution in [0.25, 0.3) is 0 Å². The molecule has 1 aliphatic carbocycles. The Morgan fingerprint density at radius 2 is 1.90 bits per heavy atom. The maximum Gasteiger partial charge on any atom is 0.0547 e. The van der Waals surface area contributed by atoms with Gasteiger partial charge in [-0.05, 0) is 51.9 Å². The van der Waals surface area contributed by atoms with Crippen LogP contribution in [0.3, 0.4) is 0 Å². The van der Waals surface area contributed by atoms with Crippen LogP contribution in [0.2, 0.25) is 0 Å². The maximum atomic E-state index is 5.76. The van der Waals surface area contributed by atoms with Gasteiger partial charge >= 0.3 is 0 Å². The van der Waals surface area contributed by atoms with Gasteiger partial charge in [0.15, 0.2) is 0 Å². The normalized spacial score (nSPS) is 38.5. The number of nitrogens with one attached hydrogen (secondary N) is 1. The summed E-state index contributed by atoms with van der Waals surface area (Å²) in [4.78, 5) is 2.74. The lowest BCUT2D eigenvalue weighted by Crippen LogP contribution is -2.49. The molecule has 2 aliphatic heterocycles. The van der Waals surface area contributed by atoms with E-state index < -0.39 is 0 Å². The van der Waals surface area contributed by atoms with Gasteiger partial charge < -0.3 is 15.0 Å². The summed E-state index contributed by atoms with van der Waals surface area (Å²) in [5.41, 5.74) is 0.559. The van der Waals surface area contributed by atoms with Crippen LogP contribution in [-0.2, 0) is 4.74 Å². The largest absolute Gasteiger partial charge is 0.381 e. The monoisotopic (exact) mass is 280 g/mol. The minimum absolute atomic E-state index is 0.205. The van der Waals surface area contributed by atoms with E-state index in [0.717, 1.165) is 31.6 Å². The Labute approximate surface area is 124 Å². The minimum atomic E-state index is 0.205. The zero-order valence-corrected chi connectivity index (χ0v) is 13.6. The molecule has 2 heterocycles. The molecule has 1 saturated carbocycles. The van der Waals surface area contributed by atoms with Gasteiger partial charge in [0.1, 0.15) is 0 Å². The first-order chi connectivity index (χ1) is 9.46. The van der Waals surface area contributed by atoms with E-state index in [-0.39, 0.29) is 5.54 Å². The highest BCUT2D eigenvalue weighted by atomic mass is 16.5. The molecule has 3 aliphatic rings. The molecule has 3 atom stereocenters. The highest BCUT2D eigenvalue weighted by Gasteiger charge is 2.42. The van der Waals surface area contributed by atoms with E-state index in [0.29, 0.717) is 5.41 Å². The molecule has 3 rings (SSSR count). The zero-order chi connectivity index (χ0) is 14.2. The van der Waals surface area contributed by atoms with E-state index in [4.69, 9.17) is 4.74 Å². The zero-order valence-electron chi connectivity index (χ0n) is 13.6. The molecule has 3 unspecified atom stereocenters. The Hall–Kier alpha value is -0.120. The average Bonchev–Trinajstić information content (AvgIpc) is 3.02. The van der Waals surface area contributed by atoms with Crippen molar-refractivity contribution in [3.05, 3.63) is 0 Å². The van der Waals surface area contributed by atoms with Crippen LogP contribution in [-0.4, -0.2) is 49.8 Å². The highest BCUT2D eigenvalue weighted by molar-refractivity contribution is 4.95. The van der Waals surface area contributed by atoms with Crippen molar-refractivity contribution in [1.29, 1.82) is 0 Å². The van der Waals surface area contributed by atoms with Gasteiger partial charge in [-0.1, -0.05) is 6.42 Å². The molecule has 0 bridgehead atoms. The van der Waals surface area contributed by atoms with Gasteiger partial charge in [-0.25, -0.2) is 0 Å². The highest BCUT2D eigenvalue weighted by Crippen LogP contribution is 2.40. The second kappa shape index (κ2) is 5.58. The summed E-state index contributed by atoms with van der Waals surface area (Å²) in [6.07, 6.45) is 5.65. The molecular formula is C17H32N2O. The molecule has 2 saturated heterocycles. The lowest BCUT2D eigenvalue weighted by molar-refractivity contribution is 0.109. The first kappa shape index (κ1) is 14.8. The molecule has 1 N–H and O–H groups in total. The van der Waals surface area contributed by atoms with Crippen LogP contribution < -0.4 is 5.32 Å². The predicted molar refractivity (Wildman–Crippen MR) is 82.9 cm³/mol. The Balaban J connectivity index is 1.57. The number of hydrogen-bond donors (Lipinski definition) is 1. The van der Waals surface area contributed by atoms with Crippen molar-refractivity contribution in [1.82, 2.24) is 10.2 Å². The topological polar surface area (TPSA) is 24.5 Å². The molecule has 3 heteroatoms. The van der Waals surface area contributed by atoms with Gasteiger partial charge in [0.05, 0.1) is 6.61 Å². The smallest absolute Gasteiger partial charge is 0.0547 e.